The van der Waals surface area contributed by atoms with E-state index in [1.807, 2.05) is 0 Å². The van der Waals surface area contributed by atoms with Gasteiger partial charge in [0.2, 0.25) is 0 Å². The molecule has 0 atom stereocenters. The van der Waals surface area contributed by atoms with Gasteiger partial charge in [-0.3, -0.25) is 14.6 Å². The van der Waals surface area contributed by atoms with Gasteiger partial charge in [-0.1, -0.05) is 6.07 Å². The van der Waals surface area contributed by atoms with Crippen molar-refractivity contribution >= 4 is 11.9 Å². The van der Waals surface area contributed by atoms with Crippen molar-refractivity contribution in [3.05, 3.63) is 30.1 Å². The predicted octanol–water partition coefficient (Wildman–Crippen LogP) is 0.693. The molecule has 0 unspecified atom stereocenters. The lowest BCUT2D eigenvalue weighted by atomic mass is 9.80. The third-order valence-electron chi connectivity index (χ3n) is 3.39. The van der Waals surface area contributed by atoms with Gasteiger partial charge in [0, 0.05) is 26.0 Å². The van der Waals surface area contributed by atoms with Crippen molar-refractivity contribution in [1.82, 2.24) is 10.3 Å². The Bertz CT molecular complexity index is 455. The van der Waals surface area contributed by atoms with Crippen LogP contribution >= 0.6 is 0 Å². The zero-order chi connectivity index (χ0) is 13.7. The first-order valence-electron chi connectivity index (χ1n) is 6.14. The number of carboxylic acid groups (broad SMARTS) is 1. The standard InChI is InChI=1S/C13H16N2O4/c16-11(10-3-1-2-6-14-10)15-9-13(12(17)18)4-7-19-8-5-13/h1-3,6H,4-5,7-9H2,(H,15,16)(H,17,18). The number of hydrogen-bond acceptors (Lipinski definition) is 4. The van der Waals surface area contributed by atoms with Crippen molar-refractivity contribution < 1.29 is 19.4 Å². The summed E-state index contributed by atoms with van der Waals surface area (Å²) in [4.78, 5) is 27.2. The van der Waals surface area contributed by atoms with Crippen molar-refractivity contribution in [2.75, 3.05) is 19.8 Å². The Kier molecular flexibility index (Phi) is 4.11. The second kappa shape index (κ2) is 5.79. The lowest BCUT2D eigenvalue weighted by molar-refractivity contribution is -0.154. The van der Waals surface area contributed by atoms with Crippen LogP contribution in [0.4, 0.5) is 0 Å². The van der Waals surface area contributed by atoms with Crippen LogP contribution in [0.2, 0.25) is 0 Å². The van der Waals surface area contributed by atoms with E-state index in [1.54, 1.807) is 18.2 Å². The number of carbonyl (C=O) groups is 2. The number of aromatic nitrogens is 1. The van der Waals surface area contributed by atoms with Gasteiger partial charge in [-0.2, -0.15) is 0 Å². The van der Waals surface area contributed by atoms with Crippen molar-refractivity contribution in [3.63, 3.8) is 0 Å². The predicted molar refractivity (Wildman–Crippen MR) is 66.7 cm³/mol. The molecule has 0 radical (unpaired) electrons. The molecule has 1 aliphatic heterocycles. The highest BCUT2D eigenvalue weighted by Gasteiger charge is 2.40. The van der Waals surface area contributed by atoms with Gasteiger partial charge < -0.3 is 15.2 Å². The summed E-state index contributed by atoms with van der Waals surface area (Å²) in [6.07, 6.45) is 2.34. The molecule has 2 rings (SSSR count). The Labute approximate surface area is 110 Å². The van der Waals surface area contributed by atoms with Crippen LogP contribution in [0.25, 0.3) is 0 Å². The molecular weight excluding hydrogens is 248 g/mol. The maximum absolute atomic E-state index is 11.9. The first-order chi connectivity index (χ1) is 9.14. The second-order valence-corrected chi connectivity index (χ2v) is 4.60. The summed E-state index contributed by atoms with van der Waals surface area (Å²) >= 11 is 0. The molecule has 0 aromatic carbocycles. The second-order valence-electron chi connectivity index (χ2n) is 4.60. The van der Waals surface area contributed by atoms with Gasteiger partial charge in [0.1, 0.15) is 5.69 Å². The maximum atomic E-state index is 11.9. The van der Waals surface area contributed by atoms with E-state index in [-0.39, 0.29) is 18.1 Å². The van der Waals surface area contributed by atoms with Gasteiger partial charge >= 0.3 is 5.97 Å². The van der Waals surface area contributed by atoms with Crippen LogP contribution in [0.1, 0.15) is 23.3 Å². The Morgan fingerprint density at radius 2 is 2.11 bits per heavy atom. The summed E-state index contributed by atoms with van der Waals surface area (Å²) in [5, 5.41) is 12.0. The minimum Gasteiger partial charge on any atom is -0.481 e. The number of carbonyl (C=O) groups excluding carboxylic acids is 1. The smallest absolute Gasteiger partial charge is 0.311 e. The molecule has 1 aromatic heterocycles. The van der Waals surface area contributed by atoms with Gasteiger partial charge in [-0.25, -0.2) is 0 Å². The number of aliphatic carboxylic acids is 1. The van der Waals surface area contributed by atoms with Crippen LogP contribution in [0.3, 0.4) is 0 Å². The molecule has 2 heterocycles. The van der Waals surface area contributed by atoms with Crippen molar-refractivity contribution in [2.24, 2.45) is 5.41 Å². The highest BCUT2D eigenvalue weighted by Crippen LogP contribution is 2.30. The molecule has 1 saturated heterocycles. The summed E-state index contributed by atoms with van der Waals surface area (Å²) in [5.74, 6) is -1.25. The Hall–Kier alpha value is -1.95. The Morgan fingerprint density at radius 1 is 1.37 bits per heavy atom. The number of pyridine rings is 1. The number of nitrogens with one attached hydrogen (secondary N) is 1. The zero-order valence-corrected chi connectivity index (χ0v) is 10.5. The summed E-state index contributed by atoms with van der Waals surface area (Å²) < 4.78 is 5.18. The molecule has 19 heavy (non-hydrogen) atoms. The van der Waals surface area contributed by atoms with E-state index in [9.17, 15) is 14.7 Å². The van der Waals surface area contributed by atoms with Crippen LogP contribution in [0.5, 0.6) is 0 Å². The van der Waals surface area contributed by atoms with E-state index in [0.717, 1.165) is 0 Å². The summed E-state index contributed by atoms with van der Waals surface area (Å²) in [5.41, 5.74) is -0.641. The Balaban J connectivity index is 2.00. The van der Waals surface area contributed by atoms with Crippen LogP contribution in [0.15, 0.2) is 24.4 Å². The summed E-state index contributed by atoms with van der Waals surface area (Å²) in [7, 11) is 0. The van der Waals surface area contributed by atoms with E-state index < -0.39 is 11.4 Å². The molecule has 1 fully saturated rings. The third-order valence-corrected chi connectivity index (χ3v) is 3.39. The van der Waals surface area contributed by atoms with E-state index in [2.05, 4.69) is 10.3 Å². The molecule has 0 spiro atoms. The average molecular weight is 264 g/mol. The van der Waals surface area contributed by atoms with Gasteiger partial charge in [0.25, 0.3) is 5.91 Å². The van der Waals surface area contributed by atoms with E-state index >= 15 is 0 Å². The van der Waals surface area contributed by atoms with E-state index in [0.29, 0.717) is 26.1 Å². The zero-order valence-electron chi connectivity index (χ0n) is 10.5. The molecule has 6 nitrogen and oxygen atoms in total. The van der Waals surface area contributed by atoms with Gasteiger partial charge in [-0.15, -0.1) is 0 Å². The molecule has 0 aliphatic carbocycles. The number of carboxylic acids is 1. The SMILES string of the molecule is O=C(NCC1(C(=O)O)CCOCC1)c1ccccn1. The quantitative estimate of drug-likeness (QED) is 0.835. The first-order valence-corrected chi connectivity index (χ1v) is 6.14. The lowest BCUT2D eigenvalue weighted by Gasteiger charge is -2.33. The molecule has 6 heteroatoms. The topological polar surface area (TPSA) is 88.5 Å². The monoisotopic (exact) mass is 264 g/mol. The first kappa shape index (κ1) is 13.5. The molecule has 0 saturated carbocycles. The summed E-state index contributed by atoms with van der Waals surface area (Å²) in [6.45, 7) is 0.915. The van der Waals surface area contributed by atoms with Crippen LogP contribution < -0.4 is 5.32 Å². The summed E-state index contributed by atoms with van der Waals surface area (Å²) in [6, 6.07) is 5.02. The van der Waals surface area contributed by atoms with Crippen molar-refractivity contribution in [2.45, 2.75) is 12.8 Å². The largest absolute Gasteiger partial charge is 0.481 e. The van der Waals surface area contributed by atoms with Crippen LogP contribution in [0, 0.1) is 5.41 Å². The molecule has 1 amide bonds. The van der Waals surface area contributed by atoms with Crippen LogP contribution in [-0.2, 0) is 9.53 Å². The fourth-order valence-electron chi connectivity index (χ4n) is 2.07. The highest BCUT2D eigenvalue weighted by atomic mass is 16.5. The molecule has 1 aromatic rings. The number of nitrogens with zero attached hydrogens (tertiary/aromatic N) is 1. The fraction of sp³-hybridized carbons (Fsp3) is 0.462. The number of amides is 1. The van der Waals surface area contributed by atoms with E-state index in [4.69, 9.17) is 4.74 Å². The average Bonchev–Trinajstić information content (AvgIpc) is 2.46. The minimum atomic E-state index is -0.928. The molecule has 0 bridgehead atoms. The number of ether oxygens (including phenoxy) is 1. The Morgan fingerprint density at radius 3 is 2.68 bits per heavy atom. The number of rotatable bonds is 4. The number of hydrogen-bond donors (Lipinski definition) is 2. The molecule has 1 aliphatic rings. The minimum absolute atomic E-state index is 0.0983. The van der Waals surface area contributed by atoms with Crippen LogP contribution in [-0.4, -0.2) is 41.7 Å². The fourth-order valence-corrected chi connectivity index (χ4v) is 2.07. The molecule has 2 N–H and O–H groups in total. The van der Waals surface area contributed by atoms with Gasteiger partial charge in [-0.05, 0) is 25.0 Å². The highest BCUT2D eigenvalue weighted by molar-refractivity contribution is 5.92. The van der Waals surface area contributed by atoms with Gasteiger partial charge in [0.05, 0.1) is 5.41 Å². The molecular formula is C13H16N2O4. The third kappa shape index (κ3) is 3.08. The van der Waals surface area contributed by atoms with Crippen molar-refractivity contribution in [3.8, 4) is 0 Å². The van der Waals surface area contributed by atoms with E-state index in [1.165, 1.54) is 6.20 Å². The normalized spacial score (nSPS) is 17.7. The lowest BCUT2D eigenvalue weighted by Crippen LogP contribution is -2.46. The maximum Gasteiger partial charge on any atom is 0.311 e. The van der Waals surface area contributed by atoms with Gasteiger partial charge in [0.15, 0.2) is 0 Å². The van der Waals surface area contributed by atoms with Crippen molar-refractivity contribution in [1.29, 1.82) is 0 Å². The molecule has 102 valence electrons.